The van der Waals surface area contributed by atoms with Crippen LogP contribution in [0, 0.1) is 6.92 Å². The van der Waals surface area contributed by atoms with Crippen LogP contribution in [0.1, 0.15) is 21.7 Å². The van der Waals surface area contributed by atoms with Gasteiger partial charge in [0.05, 0.1) is 0 Å². The summed E-state index contributed by atoms with van der Waals surface area (Å²) >= 11 is 0. The summed E-state index contributed by atoms with van der Waals surface area (Å²) in [4.78, 5) is 25.4. The normalized spacial score (nSPS) is 11.0. The van der Waals surface area contributed by atoms with E-state index in [1.54, 1.807) is 18.2 Å². The number of hydrogen-bond acceptors (Lipinski definition) is 3. The molecule has 0 aliphatic carbocycles. The number of benzene rings is 3. The maximum Gasteiger partial charge on any atom is 0.293 e. The molecule has 5 heteroatoms. The molecule has 0 saturated carbocycles. The van der Waals surface area contributed by atoms with Crippen molar-refractivity contribution in [1.29, 1.82) is 0 Å². The largest absolute Gasteiger partial charge is 0.449 e. The Balaban J connectivity index is 1.61. The molecule has 0 saturated heterocycles. The topological polar surface area (TPSA) is 71.3 Å². The van der Waals surface area contributed by atoms with Gasteiger partial charge in [-0.05, 0) is 42.8 Å². The van der Waals surface area contributed by atoms with E-state index in [0.29, 0.717) is 22.3 Å². The lowest BCUT2D eigenvalue weighted by molar-refractivity contribution is -0.111. The van der Waals surface area contributed by atoms with E-state index in [1.807, 2.05) is 73.7 Å². The van der Waals surface area contributed by atoms with Gasteiger partial charge in [0.2, 0.25) is 11.7 Å². The summed E-state index contributed by atoms with van der Waals surface area (Å²) in [5.41, 5.74) is 3.51. The molecule has 2 N–H and O–H groups in total. The molecular formula is C25H20N2O3. The number of nitrogens with one attached hydrogen (secondary N) is 2. The van der Waals surface area contributed by atoms with E-state index in [0.717, 1.165) is 11.1 Å². The molecule has 2 amide bonds. The van der Waals surface area contributed by atoms with Gasteiger partial charge in [-0.25, -0.2) is 0 Å². The highest BCUT2D eigenvalue weighted by Gasteiger charge is 2.21. The summed E-state index contributed by atoms with van der Waals surface area (Å²) in [7, 11) is 0. The summed E-state index contributed by atoms with van der Waals surface area (Å²) in [6.07, 6.45) is 3.14. The van der Waals surface area contributed by atoms with Crippen LogP contribution in [-0.4, -0.2) is 11.8 Å². The van der Waals surface area contributed by atoms with Crippen molar-refractivity contribution in [2.24, 2.45) is 0 Å². The molecule has 0 unspecified atom stereocenters. The Hall–Kier alpha value is -4.12. The van der Waals surface area contributed by atoms with Crippen LogP contribution in [-0.2, 0) is 4.79 Å². The fourth-order valence-corrected chi connectivity index (χ4v) is 3.06. The molecule has 1 heterocycles. The fourth-order valence-electron chi connectivity index (χ4n) is 3.06. The van der Waals surface area contributed by atoms with Crippen molar-refractivity contribution in [1.82, 2.24) is 0 Å². The Labute approximate surface area is 174 Å². The van der Waals surface area contributed by atoms with E-state index < -0.39 is 5.91 Å². The van der Waals surface area contributed by atoms with Gasteiger partial charge in [0, 0.05) is 17.1 Å². The second-order valence-corrected chi connectivity index (χ2v) is 6.86. The summed E-state index contributed by atoms with van der Waals surface area (Å²) in [5, 5.41) is 6.28. The van der Waals surface area contributed by atoms with Crippen LogP contribution in [0.4, 0.5) is 11.4 Å². The van der Waals surface area contributed by atoms with Crippen LogP contribution in [0.5, 0.6) is 0 Å². The predicted molar refractivity (Wildman–Crippen MR) is 119 cm³/mol. The number of furan rings is 1. The molecule has 0 radical (unpaired) electrons. The number of amides is 2. The van der Waals surface area contributed by atoms with Crippen LogP contribution in [0.15, 0.2) is 89.4 Å². The van der Waals surface area contributed by atoms with Crippen LogP contribution >= 0.6 is 0 Å². The summed E-state index contributed by atoms with van der Waals surface area (Å²) in [6.45, 7) is 1.97. The van der Waals surface area contributed by atoms with Crippen LogP contribution < -0.4 is 10.6 Å². The molecule has 148 valence electrons. The van der Waals surface area contributed by atoms with E-state index in [1.165, 1.54) is 6.08 Å². The lowest BCUT2D eigenvalue weighted by atomic mass is 10.2. The monoisotopic (exact) mass is 396 g/mol. The molecule has 4 aromatic rings. The van der Waals surface area contributed by atoms with Gasteiger partial charge in [-0.2, -0.15) is 0 Å². The zero-order valence-electron chi connectivity index (χ0n) is 16.4. The number of rotatable bonds is 5. The minimum absolute atomic E-state index is 0.0539. The van der Waals surface area contributed by atoms with E-state index >= 15 is 0 Å². The molecule has 0 spiro atoms. The van der Waals surface area contributed by atoms with Gasteiger partial charge < -0.3 is 15.1 Å². The maximum atomic E-state index is 12.9. The van der Waals surface area contributed by atoms with Crippen LogP contribution in [0.25, 0.3) is 17.0 Å². The van der Waals surface area contributed by atoms with Gasteiger partial charge in [0.25, 0.3) is 5.91 Å². The van der Waals surface area contributed by atoms with E-state index in [2.05, 4.69) is 10.6 Å². The number of aryl methyl sites for hydroxylation is 1. The predicted octanol–water partition coefficient (Wildman–Crippen LogP) is 5.65. The molecule has 30 heavy (non-hydrogen) atoms. The summed E-state index contributed by atoms with van der Waals surface area (Å²) < 4.78 is 5.77. The molecule has 0 aliphatic rings. The molecule has 0 atom stereocenters. The Bertz CT molecular complexity index is 1220. The van der Waals surface area contributed by atoms with E-state index in [4.69, 9.17) is 4.42 Å². The van der Waals surface area contributed by atoms with Crippen LogP contribution in [0.2, 0.25) is 0 Å². The summed E-state index contributed by atoms with van der Waals surface area (Å²) in [6, 6.07) is 24.2. The number of hydrogen-bond donors (Lipinski definition) is 2. The lowest BCUT2D eigenvalue weighted by Gasteiger charge is -2.06. The quantitative estimate of drug-likeness (QED) is 0.429. The molecule has 0 bridgehead atoms. The molecule has 1 aromatic heterocycles. The molecule has 0 fully saturated rings. The lowest BCUT2D eigenvalue weighted by Crippen LogP contribution is -2.15. The molecule has 5 nitrogen and oxygen atoms in total. The van der Waals surface area contributed by atoms with Gasteiger partial charge in [0.15, 0.2) is 0 Å². The highest BCUT2D eigenvalue weighted by atomic mass is 16.3. The van der Waals surface area contributed by atoms with Crippen molar-refractivity contribution < 1.29 is 14.0 Å². The third-order valence-corrected chi connectivity index (χ3v) is 4.59. The standard InChI is InChI=1S/C25H20N2O3/c1-17-11-14-19(15-12-17)26-25(29)24-23(20-9-5-6-10-21(20)30-24)27-22(28)16-13-18-7-3-2-4-8-18/h2-16H,1H3,(H,26,29)(H,27,28). The van der Waals surface area contributed by atoms with Crippen molar-refractivity contribution >= 4 is 40.2 Å². The first kappa shape index (κ1) is 19.2. The van der Waals surface area contributed by atoms with Gasteiger partial charge >= 0.3 is 0 Å². The fraction of sp³-hybridized carbons (Fsp3) is 0.0400. The first-order chi connectivity index (χ1) is 14.6. The molecular weight excluding hydrogens is 376 g/mol. The van der Waals surface area contributed by atoms with Crippen molar-refractivity contribution in [3.63, 3.8) is 0 Å². The van der Waals surface area contributed by atoms with Gasteiger partial charge in [-0.3, -0.25) is 9.59 Å². The SMILES string of the molecule is Cc1ccc(NC(=O)c2oc3ccccc3c2NC(=O)C=Cc2ccccc2)cc1. The number of carbonyl (C=O) groups is 2. The second-order valence-electron chi connectivity index (χ2n) is 6.86. The Morgan fingerprint density at radius 1 is 0.833 bits per heavy atom. The summed E-state index contributed by atoms with van der Waals surface area (Å²) in [5.74, 6) is -0.731. The number of fused-ring (bicyclic) bond motifs is 1. The Kier molecular flexibility index (Phi) is 5.44. The Morgan fingerprint density at radius 3 is 2.30 bits per heavy atom. The maximum absolute atomic E-state index is 12.9. The zero-order chi connectivity index (χ0) is 20.9. The average Bonchev–Trinajstić information content (AvgIpc) is 3.13. The zero-order valence-corrected chi connectivity index (χ0v) is 16.4. The Morgan fingerprint density at radius 2 is 1.53 bits per heavy atom. The average molecular weight is 396 g/mol. The van der Waals surface area contributed by atoms with Gasteiger partial charge in [-0.1, -0.05) is 60.2 Å². The van der Waals surface area contributed by atoms with E-state index in [-0.39, 0.29) is 11.7 Å². The highest BCUT2D eigenvalue weighted by molar-refractivity contribution is 6.16. The van der Waals surface area contributed by atoms with Crippen molar-refractivity contribution in [3.8, 4) is 0 Å². The first-order valence-electron chi connectivity index (χ1n) is 9.54. The van der Waals surface area contributed by atoms with Gasteiger partial charge in [-0.15, -0.1) is 0 Å². The first-order valence-corrected chi connectivity index (χ1v) is 9.54. The number of carbonyl (C=O) groups excluding carboxylic acids is 2. The van der Waals surface area contributed by atoms with Crippen LogP contribution in [0.3, 0.4) is 0 Å². The number of anilines is 2. The van der Waals surface area contributed by atoms with Gasteiger partial charge in [0.1, 0.15) is 11.3 Å². The minimum atomic E-state index is -0.433. The third kappa shape index (κ3) is 4.31. The smallest absolute Gasteiger partial charge is 0.293 e. The second kappa shape index (κ2) is 8.49. The van der Waals surface area contributed by atoms with Crippen molar-refractivity contribution in [2.45, 2.75) is 6.92 Å². The minimum Gasteiger partial charge on any atom is -0.449 e. The van der Waals surface area contributed by atoms with Crippen molar-refractivity contribution in [2.75, 3.05) is 10.6 Å². The third-order valence-electron chi connectivity index (χ3n) is 4.59. The van der Waals surface area contributed by atoms with Crippen molar-refractivity contribution in [3.05, 3.63) is 102 Å². The molecule has 4 rings (SSSR count). The van der Waals surface area contributed by atoms with E-state index in [9.17, 15) is 9.59 Å². The molecule has 0 aliphatic heterocycles. The highest BCUT2D eigenvalue weighted by Crippen LogP contribution is 2.31. The number of para-hydroxylation sites is 1. The molecule has 3 aromatic carbocycles.